The van der Waals surface area contributed by atoms with Crippen LogP contribution in [0.1, 0.15) is 19.8 Å². The van der Waals surface area contributed by atoms with Gasteiger partial charge in [-0.05, 0) is 18.9 Å². The zero-order valence-electron chi connectivity index (χ0n) is 11.7. The molecule has 2 unspecified atom stereocenters. The Bertz CT molecular complexity index is 397. The summed E-state index contributed by atoms with van der Waals surface area (Å²) in [6, 6.07) is -0.211. The van der Waals surface area contributed by atoms with Crippen molar-refractivity contribution < 1.29 is 17.9 Å². The van der Waals surface area contributed by atoms with Gasteiger partial charge >= 0.3 is 0 Å². The molecule has 112 valence electrons. The first-order chi connectivity index (χ1) is 8.89. The molecule has 1 aliphatic rings. The Morgan fingerprint density at radius 2 is 2.21 bits per heavy atom. The molecule has 7 heteroatoms. The Kier molecular flexibility index (Phi) is 6.22. The van der Waals surface area contributed by atoms with Gasteiger partial charge in [-0.1, -0.05) is 6.92 Å². The fourth-order valence-corrected chi connectivity index (χ4v) is 3.95. The Morgan fingerprint density at radius 3 is 2.68 bits per heavy atom. The summed E-state index contributed by atoms with van der Waals surface area (Å²) in [5.74, 6) is 0.313. The molecule has 2 N–H and O–H groups in total. The fraction of sp³-hybridized carbons (Fsp3) is 0.917. The third-order valence-corrected chi connectivity index (χ3v) is 5.18. The lowest BCUT2D eigenvalue weighted by Crippen LogP contribution is -2.43. The molecule has 1 aliphatic heterocycles. The standard InChI is InChI=1S/C12H24N2O4S/c1-10(8-13)7-12(15)14(4-5-18-2)11-3-6-19(16,17)9-11/h10-11H,3-9,13H2,1-2H3. The van der Waals surface area contributed by atoms with Gasteiger partial charge in [-0.2, -0.15) is 0 Å². The Morgan fingerprint density at radius 1 is 1.53 bits per heavy atom. The van der Waals surface area contributed by atoms with Crippen molar-refractivity contribution in [1.29, 1.82) is 0 Å². The third kappa shape index (κ3) is 5.08. The summed E-state index contributed by atoms with van der Waals surface area (Å²) in [5, 5.41) is 0. The van der Waals surface area contributed by atoms with Crippen LogP contribution in [0.3, 0.4) is 0 Å². The van der Waals surface area contributed by atoms with Crippen LogP contribution in [0, 0.1) is 5.92 Å². The molecule has 0 aromatic heterocycles. The maximum atomic E-state index is 12.2. The van der Waals surface area contributed by atoms with E-state index in [4.69, 9.17) is 10.5 Å². The van der Waals surface area contributed by atoms with Gasteiger partial charge in [0.25, 0.3) is 0 Å². The van der Waals surface area contributed by atoms with Crippen LogP contribution >= 0.6 is 0 Å². The van der Waals surface area contributed by atoms with Crippen LogP contribution in [0.25, 0.3) is 0 Å². The molecule has 1 fully saturated rings. The van der Waals surface area contributed by atoms with Crippen molar-refractivity contribution in [3.63, 3.8) is 0 Å². The van der Waals surface area contributed by atoms with Crippen LogP contribution in [0.4, 0.5) is 0 Å². The summed E-state index contributed by atoms with van der Waals surface area (Å²) in [6.45, 7) is 3.22. The van der Waals surface area contributed by atoms with Gasteiger partial charge in [0.15, 0.2) is 9.84 Å². The molecule has 0 aromatic rings. The van der Waals surface area contributed by atoms with Crippen LogP contribution in [0.5, 0.6) is 0 Å². The van der Waals surface area contributed by atoms with Gasteiger partial charge in [0.2, 0.25) is 5.91 Å². The van der Waals surface area contributed by atoms with E-state index in [0.717, 1.165) is 0 Å². The van der Waals surface area contributed by atoms with E-state index >= 15 is 0 Å². The van der Waals surface area contributed by atoms with Crippen molar-refractivity contribution in [2.45, 2.75) is 25.8 Å². The van der Waals surface area contributed by atoms with E-state index in [2.05, 4.69) is 0 Å². The largest absolute Gasteiger partial charge is 0.383 e. The van der Waals surface area contributed by atoms with Gasteiger partial charge in [0.1, 0.15) is 0 Å². The van der Waals surface area contributed by atoms with Gasteiger partial charge < -0.3 is 15.4 Å². The minimum absolute atomic E-state index is 0.0305. The van der Waals surface area contributed by atoms with Gasteiger partial charge in [-0.15, -0.1) is 0 Å². The number of hydrogen-bond acceptors (Lipinski definition) is 5. The van der Waals surface area contributed by atoms with Crippen LogP contribution in [-0.2, 0) is 19.4 Å². The fourth-order valence-electron chi connectivity index (χ4n) is 2.22. The molecule has 0 spiro atoms. The summed E-state index contributed by atoms with van der Waals surface area (Å²) < 4.78 is 28.1. The maximum Gasteiger partial charge on any atom is 0.223 e. The first kappa shape index (κ1) is 16.4. The zero-order chi connectivity index (χ0) is 14.5. The molecule has 1 heterocycles. The minimum atomic E-state index is -2.99. The average molecular weight is 292 g/mol. The highest BCUT2D eigenvalue weighted by molar-refractivity contribution is 7.91. The molecule has 1 saturated heterocycles. The number of amides is 1. The lowest BCUT2D eigenvalue weighted by molar-refractivity contribution is -0.134. The van der Waals surface area contributed by atoms with Gasteiger partial charge in [-0.25, -0.2) is 8.42 Å². The Balaban J connectivity index is 2.68. The maximum absolute atomic E-state index is 12.2. The first-order valence-corrected chi connectivity index (χ1v) is 8.40. The summed E-state index contributed by atoms with van der Waals surface area (Å²) in [7, 11) is -1.43. The van der Waals surface area contributed by atoms with E-state index in [0.29, 0.717) is 32.5 Å². The van der Waals surface area contributed by atoms with Crippen LogP contribution in [0.15, 0.2) is 0 Å². The van der Waals surface area contributed by atoms with E-state index in [1.807, 2.05) is 6.92 Å². The number of hydrogen-bond donors (Lipinski definition) is 1. The van der Waals surface area contributed by atoms with E-state index < -0.39 is 9.84 Å². The second-order valence-corrected chi connectivity index (χ2v) is 7.41. The van der Waals surface area contributed by atoms with Crippen molar-refractivity contribution in [2.75, 3.05) is 38.3 Å². The van der Waals surface area contributed by atoms with Crippen molar-refractivity contribution in [1.82, 2.24) is 4.90 Å². The topological polar surface area (TPSA) is 89.7 Å². The SMILES string of the molecule is COCCN(C(=O)CC(C)CN)C1CCS(=O)(=O)C1. The molecule has 0 bridgehead atoms. The van der Waals surface area contributed by atoms with Crippen LogP contribution in [-0.4, -0.2) is 63.6 Å². The number of nitrogens with two attached hydrogens (primary N) is 1. The summed E-state index contributed by atoms with van der Waals surface area (Å²) in [4.78, 5) is 13.9. The van der Waals surface area contributed by atoms with Crippen LogP contribution < -0.4 is 5.73 Å². The monoisotopic (exact) mass is 292 g/mol. The lowest BCUT2D eigenvalue weighted by Gasteiger charge is -2.29. The van der Waals surface area contributed by atoms with Gasteiger partial charge in [0, 0.05) is 26.1 Å². The molecule has 0 radical (unpaired) electrons. The number of carbonyl (C=O) groups excluding carboxylic acids is 1. The molecule has 19 heavy (non-hydrogen) atoms. The van der Waals surface area contributed by atoms with E-state index in [1.165, 1.54) is 0 Å². The summed E-state index contributed by atoms with van der Waals surface area (Å²) in [6.07, 6.45) is 0.881. The van der Waals surface area contributed by atoms with E-state index in [-0.39, 0.29) is 29.4 Å². The normalized spacial score (nSPS) is 23.2. The van der Waals surface area contributed by atoms with Crippen molar-refractivity contribution in [3.8, 4) is 0 Å². The second kappa shape index (κ2) is 7.21. The van der Waals surface area contributed by atoms with Crippen LogP contribution in [0.2, 0.25) is 0 Å². The van der Waals surface area contributed by atoms with Gasteiger partial charge in [-0.3, -0.25) is 4.79 Å². The molecular formula is C12H24N2O4S. The number of rotatable bonds is 7. The molecule has 0 saturated carbocycles. The molecule has 0 aromatic carbocycles. The molecule has 6 nitrogen and oxygen atoms in total. The van der Waals surface area contributed by atoms with Crippen molar-refractivity contribution >= 4 is 15.7 Å². The molecule has 1 rings (SSSR count). The highest BCUT2D eigenvalue weighted by Crippen LogP contribution is 2.19. The predicted octanol–water partition coefficient (Wildman–Crippen LogP) is -0.367. The molecule has 0 aliphatic carbocycles. The molecule has 1 amide bonds. The summed E-state index contributed by atoms with van der Waals surface area (Å²) >= 11 is 0. The Labute approximate surface area is 115 Å². The predicted molar refractivity (Wildman–Crippen MR) is 73.5 cm³/mol. The number of methoxy groups -OCH3 is 1. The van der Waals surface area contributed by atoms with E-state index in [9.17, 15) is 13.2 Å². The molecular weight excluding hydrogens is 268 g/mol. The smallest absolute Gasteiger partial charge is 0.223 e. The number of nitrogens with zero attached hydrogens (tertiary/aromatic N) is 1. The number of carbonyl (C=O) groups is 1. The van der Waals surface area contributed by atoms with Crippen molar-refractivity contribution in [3.05, 3.63) is 0 Å². The average Bonchev–Trinajstić information content (AvgIpc) is 2.70. The number of ether oxygens (including phenoxy) is 1. The summed E-state index contributed by atoms with van der Waals surface area (Å²) in [5.41, 5.74) is 5.53. The minimum Gasteiger partial charge on any atom is -0.383 e. The Hall–Kier alpha value is -0.660. The highest BCUT2D eigenvalue weighted by Gasteiger charge is 2.34. The quantitative estimate of drug-likeness (QED) is 0.691. The second-order valence-electron chi connectivity index (χ2n) is 5.18. The highest BCUT2D eigenvalue weighted by atomic mass is 32.2. The first-order valence-electron chi connectivity index (χ1n) is 6.58. The zero-order valence-corrected chi connectivity index (χ0v) is 12.5. The van der Waals surface area contributed by atoms with Gasteiger partial charge in [0.05, 0.1) is 18.1 Å². The lowest BCUT2D eigenvalue weighted by atomic mass is 10.1. The van der Waals surface area contributed by atoms with E-state index in [1.54, 1.807) is 12.0 Å². The number of sulfone groups is 1. The third-order valence-electron chi connectivity index (χ3n) is 3.43. The van der Waals surface area contributed by atoms with Crippen molar-refractivity contribution in [2.24, 2.45) is 11.7 Å². The molecule has 2 atom stereocenters.